The molecule has 2 unspecified atom stereocenters. The molecule has 36 heavy (non-hydrogen) atoms. The van der Waals surface area contributed by atoms with Crippen molar-refractivity contribution < 1.29 is 13.7 Å². The molecule has 0 N–H and O–H groups in total. The van der Waals surface area contributed by atoms with E-state index in [9.17, 15) is 4.21 Å². The van der Waals surface area contributed by atoms with E-state index in [-0.39, 0.29) is 12.1 Å². The van der Waals surface area contributed by atoms with Crippen molar-refractivity contribution in [3.63, 3.8) is 0 Å². The van der Waals surface area contributed by atoms with Crippen LogP contribution >= 0.6 is 0 Å². The van der Waals surface area contributed by atoms with Gasteiger partial charge in [0.2, 0.25) is 5.95 Å². The molecule has 1 aromatic carbocycles. The lowest BCUT2D eigenvalue weighted by molar-refractivity contribution is 0.0433. The number of ether oxygens (including phenoxy) is 2. The molecule has 2 aromatic heterocycles. The topological polar surface area (TPSA) is 85.6 Å². The number of aromatic nitrogens is 4. The molecule has 2 aliphatic rings. The molecule has 0 bridgehead atoms. The molecule has 10 heteroatoms. The zero-order chi connectivity index (χ0) is 25.4. The second kappa shape index (κ2) is 9.82. The Kier molecular flexibility index (Phi) is 6.74. The predicted octanol–water partition coefficient (Wildman–Crippen LogP) is 3.48. The first-order chi connectivity index (χ1) is 17.3. The van der Waals surface area contributed by atoms with Gasteiger partial charge >= 0.3 is 0 Å². The Hall–Kier alpha value is -2.98. The van der Waals surface area contributed by atoms with E-state index >= 15 is 0 Å². The molecule has 2 aliphatic heterocycles. The zero-order valence-corrected chi connectivity index (χ0v) is 22.4. The van der Waals surface area contributed by atoms with Gasteiger partial charge in [-0.25, -0.2) is 9.67 Å². The molecule has 4 heterocycles. The highest BCUT2D eigenvalue weighted by atomic mass is 32.2. The van der Waals surface area contributed by atoms with Crippen molar-refractivity contribution in [1.82, 2.24) is 19.7 Å². The lowest BCUT2D eigenvalue weighted by Gasteiger charge is -2.46. The van der Waals surface area contributed by atoms with Gasteiger partial charge in [-0.05, 0) is 25.8 Å². The summed E-state index contributed by atoms with van der Waals surface area (Å²) in [4.78, 5) is 14.3. The summed E-state index contributed by atoms with van der Waals surface area (Å²) in [5.74, 6) is 2.76. The smallest absolute Gasteiger partial charge is 0.233 e. The van der Waals surface area contributed by atoms with Crippen LogP contribution in [0.4, 0.5) is 17.6 Å². The van der Waals surface area contributed by atoms with Crippen LogP contribution in [0.3, 0.4) is 0 Å². The summed E-state index contributed by atoms with van der Waals surface area (Å²) >= 11 is 0. The van der Waals surface area contributed by atoms with Crippen molar-refractivity contribution in [3.8, 4) is 5.75 Å². The molecule has 0 aliphatic carbocycles. The van der Waals surface area contributed by atoms with Crippen LogP contribution in [0.25, 0.3) is 0 Å². The van der Waals surface area contributed by atoms with Crippen LogP contribution in [0, 0.1) is 0 Å². The highest BCUT2D eigenvalue weighted by molar-refractivity contribution is 7.85. The quantitative estimate of drug-likeness (QED) is 0.478. The van der Waals surface area contributed by atoms with E-state index in [1.807, 2.05) is 54.7 Å². The van der Waals surface area contributed by atoms with Crippen molar-refractivity contribution in [1.29, 1.82) is 0 Å². The average Bonchev–Trinajstić information content (AvgIpc) is 3.35. The number of morpholine rings is 1. The van der Waals surface area contributed by atoms with Crippen LogP contribution < -0.4 is 14.5 Å². The van der Waals surface area contributed by atoms with Crippen LogP contribution in [0.5, 0.6) is 5.75 Å². The summed E-state index contributed by atoms with van der Waals surface area (Å²) in [5.41, 5.74) is 1.81. The van der Waals surface area contributed by atoms with Gasteiger partial charge < -0.3 is 14.4 Å². The second-order valence-corrected chi connectivity index (χ2v) is 11.8. The summed E-state index contributed by atoms with van der Waals surface area (Å²) in [6, 6.07) is 12.4. The van der Waals surface area contributed by atoms with Crippen LogP contribution in [-0.4, -0.2) is 69.2 Å². The fourth-order valence-corrected chi connectivity index (χ4v) is 5.20. The molecule has 0 radical (unpaired) electrons. The maximum absolute atomic E-state index is 12.9. The summed E-state index contributed by atoms with van der Waals surface area (Å²) in [6.45, 7) is 8.40. The van der Waals surface area contributed by atoms with Crippen molar-refractivity contribution in [3.05, 3.63) is 53.9 Å². The fraction of sp³-hybridized carbons (Fsp3) is 0.500. The summed E-state index contributed by atoms with van der Waals surface area (Å²) in [7, 11) is 0.758. The van der Waals surface area contributed by atoms with Gasteiger partial charge in [-0.3, -0.25) is 9.11 Å². The third kappa shape index (κ3) is 4.37. The first-order valence-electron chi connectivity index (χ1n) is 12.4. The van der Waals surface area contributed by atoms with Gasteiger partial charge in [0.15, 0.2) is 11.6 Å². The molecular weight excluding hydrogens is 476 g/mol. The Balaban J connectivity index is 1.61. The molecule has 3 atom stereocenters. The van der Waals surface area contributed by atoms with Crippen LogP contribution in [-0.2, 0) is 26.8 Å². The Morgan fingerprint density at radius 2 is 1.92 bits per heavy atom. The van der Waals surface area contributed by atoms with E-state index in [0.29, 0.717) is 43.8 Å². The number of hydrogen-bond donors (Lipinski definition) is 0. The standard InChI is InChI=1S/C26H34N6O3S/c1-6-19-15-34-16-20-17-35-22-23(26(2,3)36(5)33)28-25(29-24(22)32(19)20)30(4)21-12-13-27-31(21)14-18-10-8-7-9-11-18/h7-13,19-20H,6,14-17H2,1-5H3/t19-,20?,36?/m1/s1. The maximum Gasteiger partial charge on any atom is 0.233 e. The highest BCUT2D eigenvalue weighted by Gasteiger charge is 2.42. The predicted molar refractivity (Wildman–Crippen MR) is 142 cm³/mol. The lowest BCUT2D eigenvalue weighted by Crippen LogP contribution is -2.57. The monoisotopic (exact) mass is 510 g/mol. The Morgan fingerprint density at radius 1 is 1.14 bits per heavy atom. The second-order valence-electron chi connectivity index (χ2n) is 9.85. The van der Waals surface area contributed by atoms with E-state index in [2.05, 4.69) is 29.1 Å². The first kappa shape index (κ1) is 24.7. The average molecular weight is 511 g/mol. The van der Waals surface area contributed by atoms with Crippen molar-refractivity contribution in [2.75, 3.05) is 42.9 Å². The number of fused-ring (bicyclic) bond motifs is 3. The highest BCUT2D eigenvalue weighted by Crippen LogP contribution is 2.44. The van der Waals surface area contributed by atoms with Gasteiger partial charge in [0.25, 0.3) is 0 Å². The minimum atomic E-state index is -1.18. The van der Waals surface area contributed by atoms with E-state index < -0.39 is 15.5 Å². The molecular formula is C26H34N6O3S. The van der Waals surface area contributed by atoms with Gasteiger partial charge in [0.05, 0.1) is 42.8 Å². The lowest BCUT2D eigenvalue weighted by atomic mass is 10.0. The van der Waals surface area contributed by atoms with Gasteiger partial charge in [0.1, 0.15) is 18.1 Å². The number of anilines is 3. The molecule has 0 spiro atoms. The molecule has 5 rings (SSSR count). The SMILES string of the molecule is CC[C@@H]1COCC2COc3c(nc(N(C)c4ccnn4Cc4ccccc4)nc3C(C)(C)S(C)=O)N21. The Labute approximate surface area is 214 Å². The first-order valence-corrected chi connectivity index (χ1v) is 13.9. The third-order valence-corrected chi connectivity index (χ3v) is 8.81. The molecule has 3 aromatic rings. The van der Waals surface area contributed by atoms with E-state index in [1.54, 1.807) is 12.5 Å². The van der Waals surface area contributed by atoms with Crippen molar-refractivity contribution >= 4 is 28.4 Å². The van der Waals surface area contributed by atoms with Gasteiger partial charge in [-0.2, -0.15) is 10.1 Å². The van der Waals surface area contributed by atoms with Gasteiger partial charge in [0, 0.05) is 30.2 Å². The van der Waals surface area contributed by atoms with Crippen LogP contribution in [0.2, 0.25) is 0 Å². The van der Waals surface area contributed by atoms with Crippen LogP contribution in [0.15, 0.2) is 42.6 Å². The Bertz CT molecular complexity index is 1250. The minimum Gasteiger partial charge on any atom is -0.486 e. The van der Waals surface area contributed by atoms with Crippen molar-refractivity contribution in [2.45, 2.75) is 50.6 Å². The molecule has 1 saturated heterocycles. The largest absolute Gasteiger partial charge is 0.486 e. The normalized spacial score (nSPS) is 20.3. The molecule has 0 amide bonds. The molecule has 1 fully saturated rings. The van der Waals surface area contributed by atoms with E-state index in [4.69, 9.17) is 19.4 Å². The summed E-state index contributed by atoms with van der Waals surface area (Å²) in [6.07, 6.45) is 4.42. The van der Waals surface area contributed by atoms with Crippen LogP contribution in [0.1, 0.15) is 38.4 Å². The number of hydrogen-bond acceptors (Lipinski definition) is 8. The summed E-state index contributed by atoms with van der Waals surface area (Å²) < 4.78 is 26.2. The zero-order valence-electron chi connectivity index (χ0n) is 21.5. The number of rotatable bonds is 7. The molecule has 9 nitrogen and oxygen atoms in total. The fourth-order valence-electron chi connectivity index (χ4n) is 4.79. The van der Waals surface area contributed by atoms with Crippen molar-refractivity contribution in [2.24, 2.45) is 0 Å². The maximum atomic E-state index is 12.9. The Morgan fingerprint density at radius 3 is 2.64 bits per heavy atom. The minimum absolute atomic E-state index is 0.0796. The van der Waals surface area contributed by atoms with E-state index in [1.165, 1.54) is 0 Å². The molecule has 192 valence electrons. The third-order valence-electron chi connectivity index (χ3n) is 7.18. The number of benzene rings is 1. The van der Waals surface area contributed by atoms with E-state index in [0.717, 1.165) is 23.6 Å². The molecule has 0 saturated carbocycles. The van der Waals surface area contributed by atoms with Gasteiger partial charge in [-0.1, -0.05) is 37.3 Å². The van der Waals surface area contributed by atoms with Gasteiger partial charge in [-0.15, -0.1) is 0 Å². The summed E-state index contributed by atoms with van der Waals surface area (Å²) in [5, 5.41) is 4.56. The number of nitrogens with zero attached hydrogens (tertiary/aromatic N) is 6.